The maximum atomic E-state index is 13.6. The normalized spacial score (nSPS) is 17.2. The Balaban J connectivity index is 1.61. The second-order valence-electron chi connectivity index (χ2n) is 8.76. The van der Waals surface area contributed by atoms with Crippen LogP contribution in [-0.2, 0) is 4.79 Å². The maximum Gasteiger partial charge on any atom is 0.231 e. The van der Waals surface area contributed by atoms with Crippen LogP contribution in [0.15, 0.2) is 97.1 Å². The summed E-state index contributed by atoms with van der Waals surface area (Å²) in [7, 11) is 1.62. The minimum absolute atomic E-state index is 0.0562. The van der Waals surface area contributed by atoms with Gasteiger partial charge in [0, 0.05) is 36.0 Å². The standard InChI is InChI=1S/C30H27FN2O2/c1-19(20-9-5-3-6-10-20)33-26-18-27-25(17-24(26)21-11-7-4-8-12-21)28(30(34)32-2)29(35-27)22-13-15-23(31)16-14-22/h3-19,28-29,33H,1-2H3,(H,32,34). The van der Waals surface area contributed by atoms with Crippen molar-refractivity contribution in [2.24, 2.45) is 0 Å². The molecule has 0 radical (unpaired) electrons. The lowest BCUT2D eigenvalue weighted by Crippen LogP contribution is -2.28. The number of likely N-dealkylation sites (N-methyl/N-ethyl adjacent to an activating group) is 1. The largest absolute Gasteiger partial charge is 0.484 e. The van der Waals surface area contributed by atoms with Gasteiger partial charge in [-0.1, -0.05) is 72.8 Å². The van der Waals surface area contributed by atoms with E-state index >= 15 is 0 Å². The zero-order valence-electron chi connectivity index (χ0n) is 19.7. The number of hydrogen-bond donors (Lipinski definition) is 2. The Morgan fingerprint density at radius 2 is 1.57 bits per heavy atom. The predicted molar refractivity (Wildman–Crippen MR) is 137 cm³/mol. The lowest BCUT2D eigenvalue weighted by Gasteiger charge is -2.20. The van der Waals surface area contributed by atoms with Gasteiger partial charge in [0.25, 0.3) is 0 Å². The molecule has 1 amide bonds. The summed E-state index contributed by atoms with van der Waals surface area (Å²) in [6.07, 6.45) is -0.545. The third kappa shape index (κ3) is 4.50. The van der Waals surface area contributed by atoms with Gasteiger partial charge in [-0.25, -0.2) is 4.39 Å². The molecule has 1 aliphatic heterocycles. The minimum atomic E-state index is -0.552. The van der Waals surface area contributed by atoms with E-state index in [9.17, 15) is 9.18 Å². The van der Waals surface area contributed by atoms with Crippen LogP contribution in [-0.4, -0.2) is 13.0 Å². The van der Waals surface area contributed by atoms with Crippen LogP contribution in [0.1, 0.15) is 41.7 Å². The zero-order valence-corrected chi connectivity index (χ0v) is 19.7. The number of anilines is 1. The van der Waals surface area contributed by atoms with Crippen LogP contribution in [0.25, 0.3) is 11.1 Å². The third-order valence-corrected chi connectivity index (χ3v) is 6.53. The monoisotopic (exact) mass is 466 g/mol. The van der Waals surface area contributed by atoms with Crippen molar-refractivity contribution in [1.29, 1.82) is 0 Å². The second-order valence-corrected chi connectivity index (χ2v) is 8.76. The average Bonchev–Trinajstić information content (AvgIpc) is 3.27. The van der Waals surface area contributed by atoms with Gasteiger partial charge in [-0.05, 0) is 41.8 Å². The second kappa shape index (κ2) is 9.63. The van der Waals surface area contributed by atoms with Gasteiger partial charge in [-0.15, -0.1) is 0 Å². The van der Waals surface area contributed by atoms with Crippen LogP contribution in [0.4, 0.5) is 10.1 Å². The van der Waals surface area contributed by atoms with E-state index in [1.54, 1.807) is 19.2 Å². The van der Waals surface area contributed by atoms with E-state index in [0.717, 1.165) is 27.9 Å². The number of ether oxygens (including phenoxy) is 1. The van der Waals surface area contributed by atoms with Gasteiger partial charge >= 0.3 is 0 Å². The molecule has 4 nitrogen and oxygen atoms in total. The van der Waals surface area contributed by atoms with Crippen molar-refractivity contribution in [1.82, 2.24) is 5.32 Å². The van der Waals surface area contributed by atoms with Crippen LogP contribution in [0.2, 0.25) is 0 Å². The Kier molecular flexibility index (Phi) is 6.23. The molecule has 0 aliphatic carbocycles. The van der Waals surface area contributed by atoms with E-state index in [1.807, 2.05) is 48.5 Å². The lowest BCUT2D eigenvalue weighted by molar-refractivity contribution is -0.123. The molecule has 1 aliphatic rings. The van der Waals surface area contributed by atoms with Crippen molar-refractivity contribution in [2.75, 3.05) is 12.4 Å². The molecule has 0 spiro atoms. The highest BCUT2D eigenvalue weighted by Crippen LogP contribution is 2.50. The predicted octanol–water partition coefficient (Wildman–Crippen LogP) is 6.63. The smallest absolute Gasteiger partial charge is 0.231 e. The number of carbonyl (C=O) groups is 1. The van der Waals surface area contributed by atoms with Crippen molar-refractivity contribution in [2.45, 2.75) is 25.0 Å². The molecular weight excluding hydrogens is 439 g/mol. The number of halogens is 1. The topological polar surface area (TPSA) is 50.4 Å². The van der Waals surface area contributed by atoms with E-state index in [0.29, 0.717) is 5.75 Å². The molecular formula is C30H27FN2O2. The van der Waals surface area contributed by atoms with Crippen LogP contribution in [0.5, 0.6) is 5.75 Å². The van der Waals surface area contributed by atoms with Crippen molar-refractivity contribution in [3.8, 4) is 16.9 Å². The van der Waals surface area contributed by atoms with Crippen molar-refractivity contribution in [3.05, 3.63) is 120 Å². The summed E-state index contributed by atoms with van der Waals surface area (Å²) < 4.78 is 19.9. The van der Waals surface area contributed by atoms with Gasteiger partial charge in [0.1, 0.15) is 23.6 Å². The van der Waals surface area contributed by atoms with E-state index in [2.05, 4.69) is 41.8 Å². The number of fused-ring (bicyclic) bond motifs is 1. The third-order valence-electron chi connectivity index (χ3n) is 6.53. The first-order chi connectivity index (χ1) is 17.0. The molecule has 2 N–H and O–H groups in total. The van der Waals surface area contributed by atoms with Crippen LogP contribution in [0, 0.1) is 5.82 Å². The Morgan fingerprint density at radius 3 is 2.23 bits per heavy atom. The molecule has 0 saturated carbocycles. The fourth-order valence-electron chi connectivity index (χ4n) is 4.69. The number of carbonyl (C=O) groups excluding carboxylic acids is 1. The molecule has 3 unspecified atom stereocenters. The molecule has 0 bridgehead atoms. The fraction of sp³-hybridized carbons (Fsp3) is 0.167. The highest BCUT2D eigenvalue weighted by atomic mass is 19.1. The summed E-state index contributed by atoms with van der Waals surface area (Å²) in [5.41, 5.74) is 5.69. The van der Waals surface area contributed by atoms with E-state index in [1.165, 1.54) is 17.7 Å². The molecule has 4 aromatic rings. The fourth-order valence-corrected chi connectivity index (χ4v) is 4.69. The summed E-state index contributed by atoms with van der Waals surface area (Å²) in [4.78, 5) is 13.0. The number of rotatable bonds is 6. The number of amides is 1. The molecule has 35 heavy (non-hydrogen) atoms. The molecule has 0 aromatic heterocycles. The van der Waals surface area contributed by atoms with Crippen molar-refractivity contribution < 1.29 is 13.9 Å². The Labute approximate surface area is 204 Å². The first-order valence-corrected chi connectivity index (χ1v) is 11.7. The Morgan fingerprint density at radius 1 is 0.914 bits per heavy atom. The average molecular weight is 467 g/mol. The van der Waals surface area contributed by atoms with Gasteiger partial charge < -0.3 is 15.4 Å². The first kappa shape index (κ1) is 22.7. The van der Waals surface area contributed by atoms with Gasteiger partial charge in [0.2, 0.25) is 5.91 Å². The van der Waals surface area contributed by atoms with Gasteiger partial charge in [0.15, 0.2) is 0 Å². The zero-order chi connectivity index (χ0) is 24.4. The molecule has 0 saturated heterocycles. The van der Waals surface area contributed by atoms with Crippen LogP contribution < -0.4 is 15.4 Å². The molecule has 176 valence electrons. The van der Waals surface area contributed by atoms with Gasteiger partial charge in [-0.2, -0.15) is 0 Å². The minimum Gasteiger partial charge on any atom is -0.484 e. The summed E-state index contributed by atoms with van der Waals surface area (Å²) in [5, 5.41) is 6.42. The Hall–Kier alpha value is -4.12. The number of nitrogens with one attached hydrogen (secondary N) is 2. The van der Waals surface area contributed by atoms with Gasteiger partial charge in [-0.3, -0.25) is 4.79 Å². The molecule has 3 atom stereocenters. The van der Waals surface area contributed by atoms with E-state index in [-0.39, 0.29) is 17.8 Å². The quantitative estimate of drug-likeness (QED) is 0.335. The van der Waals surface area contributed by atoms with Gasteiger partial charge in [0.05, 0.1) is 0 Å². The maximum absolute atomic E-state index is 13.6. The number of hydrogen-bond acceptors (Lipinski definition) is 3. The Bertz CT molecular complexity index is 1320. The highest BCUT2D eigenvalue weighted by molar-refractivity contribution is 5.89. The highest BCUT2D eigenvalue weighted by Gasteiger charge is 2.41. The summed E-state index contributed by atoms with van der Waals surface area (Å²) in [6, 6.07) is 30.6. The molecule has 4 aromatic carbocycles. The van der Waals surface area contributed by atoms with Crippen molar-refractivity contribution in [3.63, 3.8) is 0 Å². The SMILES string of the molecule is CNC(=O)C1c2cc(-c3ccccc3)c(NC(C)c3ccccc3)cc2OC1c1ccc(F)cc1. The van der Waals surface area contributed by atoms with Crippen molar-refractivity contribution >= 4 is 11.6 Å². The lowest BCUT2D eigenvalue weighted by atomic mass is 9.88. The van der Waals surface area contributed by atoms with Crippen LogP contribution in [0.3, 0.4) is 0 Å². The van der Waals surface area contributed by atoms with E-state index < -0.39 is 12.0 Å². The van der Waals surface area contributed by atoms with Crippen LogP contribution >= 0.6 is 0 Å². The molecule has 5 rings (SSSR count). The molecule has 0 fully saturated rings. The summed E-state index contributed by atoms with van der Waals surface area (Å²) in [5.74, 6) is -0.372. The summed E-state index contributed by atoms with van der Waals surface area (Å²) >= 11 is 0. The summed E-state index contributed by atoms with van der Waals surface area (Å²) in [6.45, 7) is 2.12. The first-order valence-electron chi connectivity index (χ1n) is 11.7. The number of benzene rings is 4. The molecule has 1 heterocycles. The van der Waals surface area contributed by atoms with E-state index in [4.69, 9.17) is 4.74 Å². The molecule has 5 heteroatoms.